The summed E-state index contributed by atoms with van der Waals surface area (Å²) in [4.78, 5) is 1.48. The van der Waals surface area contributed by atoms with Crippen LogP contribution in [-0.2, 0) is 0 Å². The minimum Gasteiger partial charge on any atom is -0.366 e. The average molecular weight is 253 g/mol. The molecule has 0 aliphatic carbocycles. The third kappa shape index (κ3) is 6.82. The largest absolute Gasteiger partial charge is 0.366 e. The van der Waals surface area contributed by atoms with Gasteiger partial charge in [-0.25, -0.2) is 0 Å². The molecule has 1 aliphatic rings. The molecule has 1 atom stereocenters. The van der Waals surface area contributed by atoms with Crippen molar-refractivity contribution in [3.05, 3.63) is 22.7 Å². The highest BCUT2D eigenvalue weighted by atomic mass is 32.2. The van der Waals surface area contributed by atoms with Crippen LogP contribution in [0, 0.1) is 5.92 Å². The predicted octanol–water partition coefficient (Wildman–Crippen LogP) is 5.41. The maximum absolute atomic E-state index is 3.18. The van der Waals surface area contributed by atoms with Gasteiger partial charge in [0.1, 0.15) is 0 Å². The van der Waals surface area contributed by atoms with Gasteiger partial charge in [0.2, 0.25) is 0 Å². The van der Waals surface area contributed by atoms with Crippen LogP contribution in [-0.4, -0.2) is 0 Å². The highest BCUT2D eigenvalue weighted by Crippen LogP contribution is 2.30. The van der Waals surface area contributed by atoms with Crippen molar-refractivity contribution in [2.45, 2.75) is 65.2 Å². The van der Waals surface area contributed by atoms with Gasteiger partial charge in [-0.05, 0) is 17.7 Å². The maximum atomic E-state index is 3.18. The van der Waals surface area contributed by atoms with E-state index in [-0.39, 0.29) is 0 Å². The van der Waals surface area contributed by atoms with E-state index in [1.54, 1.807) is 0 Å². The van der Waals surface area contributed by atoms with Gasteiger partial charge in [0.25, 0.3) is 0 Å². The van der Waals surface area contributed by atoms with Gasteiger partial charge in [-0.3, -0.25) is 0 Å². The molecule has 0 fully saturated rings. The zero-order valence-electron chi connectivity index (χ0n) is 11.4. The van der Waals surface area contributed by atoms with Gasteiger partial charge in [-0.1, -0.05) is 70.6 Å². The third-order valence-corrected chi connectivity index (χ3v) is 4.38. The van der Waals surface area contributed by atoms with Crippen molar-refractivity contribution in [1.29, 1.82) is 0 Å². The third-order valence-electron chi connectivity index (χ3n) is 3.32. The first-order valence-corrected chi connectivity index (χ1v) is 8.00. The van der Waals surface area contributed by atoms with E-state index in [1.807, 2.05) is 18.0 Å². The van der Waals surface area contributed by atoms with Crippen molar-refractivity contribution in [1.82, 2.24) is 5.32 Å². The van der Waals surface area contributed by atoms with Crippen LogP contribution in [0.3, 0.4) is 0 Å². The number of rotatable bonds is 9. The Bertz CT molecular complexity index is 245. The van der Waals surface area contributed by atoms with E-state index >= 15 is 0 Å². The molecule has 98 valence electrons. The van der Waals surface area contributed by atoms with E-state index in [9.17, 15) is 0 Å². The molecule has 0 aromatic carbocycles. The normalized spacial score (nSPS) is 16.5. The first-order chi connectivity index (χ1) is 8.34. The lowest BCUT2D eigenvalue weighted by Crippen LogP contribution is -2.04. The van der Waals surface area contributed by atoms with Crippen LogP contribution in [0.1, 0.15) is 65.2 Å². The van der Waals surface area contributed by atoms with Crippen molar-refractivity contribution < 1.29 is 0 Å². The zero-order valence-corrected chi connectivity index (χ0v) is 12.2. The second kappa shape index (κ2) is 9.64. The molecule has 0 saturated carbocycles. The van der Waals surface area contributed by atoms with Crippen LogP contribution in [0.2, 0.25) is 0 Å². The van der Waals surface area contributed by atoms with Crippen molar-refractivity contribution in [2.24, 2.45) is 5.92 Å². The molecule has 1 heterocycles. The second-order valence-corrected chi connectivity index (χ2v) is 5.92. The van der Waals surface area contributed by atoms with Gasteiger partial charge in [0.05, 0.1) is 0 Å². The summed E-state index contributed by atoms with van der Waals surface area (Å²) in [6.07, 6.45) is 15.3. The highest BCUT2D eigenvalue weighted by Gasteiger charge is 2.09. The minimum atomic E-state index is 0.716. The molecular weight excluding hydrogens is 226 g/mol. The Hall–Kier alpha value is -0.370. The van der Waals surface area contributed by atoms with Gasteiger partial charge < -0.3 is 5.32 Å². The number of thioether (sulfide) groups is 1. The molecule has 1 rings (SSSR count). The number of hydrogen-bond acceptors (Lipinski definition) is 2. The van der Waals surface area contributed by atoms with Crippen LogP contribution < -0.4 is 5.32 Å². The molecule has 0 aromatic rings. The zero-order chi connectivity index (χ0) is 12.3. The Balaban J connectivity index is 1.97. The lowest BCUT2D eigenvalue weighted by molar-refractivity contribution is 0.533. The van der Waals surface area contributed by atoms with Gasteiger partial charge in [0, 0.05) is 17.3 Å². The van der Waals surface area contributed by atoms with E-state index in [0.29, 0.717) is 5.92 Å². The van der Waals surface area contributed by atoms with Crippen LogP contribution >= 0.6 is 11.8 Å². The molecule has 0 amide bonds. The standard InChI is InChI=1S/C15H27NS/c1-3-4-5-6-7-8-9-10-14(2)15-13-16-11-12-17-15/h11-14,16H,3-10H2,1-2H3. The van der Waals surface area contributed by atoms with E-state index in [1.165, 1.54) is 56.3 Å². The minimum absolute atomic E-state index is 0.716. The molecule has 0 saturated heterocycles. The summed E-state index contributed by atoms with van der Waals surface area (Å²) in [5, 5.41) is 5.31. The SMILES string of the molecule is CCCCCCCCCC(C)C1=CNC=CS1. The van der Waals surface area contributed by atoms with Crippen LogP contribution in [0.15, 0.2) is 22.7 Å². The summed E-state index contributed by atoms with van der Waals surface area (Å²) in [5.74, 6) is 0.716. The quantitative estimate of drug-likeness (QED) is 0.551. The fourth-order valence-electron chi connectivity index (χ4n) is 2.12. The molecule has 0 spiro atoms. The smallest absolute Gasteiger partial charge is 0.0107 e. The van der Waals surface area contributed by atoms with Gasteiger partial charge in [-0.15, -0.1) is 0 Å². The van der Waals surface area contributed by atoms with Crippen LogP contribution in [0.4, 0.5) is 0 Å². The fraction of sp³-hybridized carbons (Fsp3) is 0.733. The fourth-order valence-corrected chi connectivity index (χ4v) is 2.91. The number of nitrogens with one attached hydrogen (secondary N) is 1. The van der Waals surface area contributed by atoms with Crippen molar-refractivity contribution in [3.63, 3.8) is 0 Å². The predicted molar refractivity (Wildman–Crippen MR) is 79.7 cm³/mol. The number of unbranched alkanes of at least 4 members (excludes halogenated alkanes) is 6. The summed E-state index contributed by atoms with van der Waals surface area (Å²) in [6.45, 7) is 4.62. The van der Waals surface area contributed by atoms with E-state index < -0.39 is 0 Å². The van der Waals surface area contributed by atoms with E-state index in [4.69, 9.17) is 0 Å². The Morgan fingerprint density at radius 1 is 1.12 bits per heavy atom. The Morgan fingerprint density at radius 2 is 1.82 bits per heavy atom. The van der Waals surface area contributed by atoms with E-state index in [2.05, 4.69) is 30.8 Å². The molecule has 1 unspecified atom stereocenters. The lowest BCUT2D eigenvalue weighted by Gasteiger charge is -2.16. The Morgan fingerprint density at radius 3 is 2.47 bits per heavy atom. The molecule has 1 N–H and O–H groups in total. The summed E-state index contributed by atoms with van der Waals surface area (Å²) in [6, 6.07) is 0. The molecular formula is C15H27NS. The molecule has 2 heteroatoms. The molecule has 0 radical (unpaired) electrons. The van der Waals surface area contributed by atoms with Gasteiger partial charge >= 0.3 is 0 Å². The monoisotopic (exact) mass is 253 g/mol. The van der Waals surface area contributed by atoms with Crippen molar-refractivity contribution >= 4 is 11.8 Å². The topological polar surface area (TPSA) is 12.0 Å². The molecule has 17 heavy (non-hydrogen) atoms. The maximum Gasteiger partial charge on any atom is 0.0107 e. The summed E-state index contributed by atoms with van der Waals surface area (Å²) in [7, 11) is 0. The lowest BCUT2D eigenvalue weighted by atomic mass is 10.0. The Kier molecular flexibility index (Phi) is 8.33. The Labute approximate surface area is 111 Å². The van der Waals surface area contributed by atoms with E-state index in [0.717, 1.165) is 0 Å². The van der Waals surface area contributed by atoms with Crippen LogP contribution in [0.5, 0.6) is 0 Å². The summed E-state index contributed by atoms with van der Waals surface area (Å²) < 4.78 is 0. The second-order valence-electron chi connectivity index (χ2n) is 4.95. The number of allylic oxidation sites excluding steroid dienone is 1. The van der Waals surface area contributed by atoms with Gasteiger partial charge in [-0.2, -0.15) is 0 Å². The molecule has 0 aromatic heterocycles. The van der Waals surface area contributed by atoms with Crippen molar-refractivity contribution in [2.75, 3.05) is 0 Å². The molecule has 0 bridgehead atoms. The first-order valence-electron chi connectivity index (χ1n) is 7.12. The first kappa shape index (κ1) is 14.7. The van der Waals surface area contributed by atoms with Crippen molar-refractivity contribution in [3.8, 4) is 0 Å². The highest BCUT2D eigenvalue weighted by molar-refractivity contribution is 8.05. The summed E-state index contributed by atoms with van der Waals surface area (Å²) >= 11 is 1.86. The average Bonchev–Trinajstić information content (AvgIpc) is 2.38. The van der Waals surface area contributed by atoms with Gasteiger partial charge in [0.15, 0.2) is 0 Å². The molecule has 1 nitrogen and oxygen atoms in total. The number of hydrogen-bond donors (Lipinski definition) is 1. The molecule has 1 aliphatic heterocycles. The van der Waals surface area contributed by atoms with Crippen LogP contribution in [0.25, 0.3) is 0 Å². The summed E-state index contributed by atoms with van der Waals surface area (Å²) in [5.41, 5.74) is 0.